The Morgan fingerprint density at radius 2 is 1.12 bits per heavy atom. The van der Waals surface area contributed by atoms with Crippen LogP contribution in [0.3, 0.4) is 0 Å². The molecule has 6 nitrogen and oxygen atoms in total. The van der Waals surface area contributed by atoms with Crippen molar-refractivity contribution in [3.63, 3.8) is 0 Å². The SMILES string of the molecule is O=C(NN=Cc1ccccc1Cl)C(=O)N/N=C\c1ccccc1Cl. The molecule has 0 aliphatic rings. The van der Waals surface area contributed by atoms with E-state index >= 15 is 0 Å². The predicted molar refractivity (Wildman–Crippen MR) is 94.4 cm³/mol. The largest absolute Gasteiger partial charge is 0.331 e. The lowest BCUT2D eigenvalue weighted by atomic mass is 10.2. The van der Waals surface area contributed by atoms with E-state index in [1.54, 1.807) is 48.5 Å². The third-order valence-electron chi connectivity index (χ3n) is 2.76. The number of benzene rings is 2. The quantitative estimate of drug-likeness (QED) is 0.497. The van der Waals surface area contributed by atoms with E-state index in [0.29, 0.717) is 21.2 Å². The van der Waals surface area contributed by atoms with Crippen LogP contribution in [0.4, 0.5) is 0 Å². The highest BCUT2D eigenvalue weighted by Crippen LogP contribution is 2.12. The van der Waals surface area contributed by atoms with Crippen molar-refractivity contribution in [2.45, 2.75) is 0 Å². The zero-order valence-electron chi connectivity index (χ0n) is 12.2. The number of hydrogen-bond acceptors (Lipinski definition) is 4. The Kier molecular flexibility index (Phi) is 6.48. The second-order valence-corrected chi connectivity index (χ2v) is 5.26. The van der Waals surface area contributed by atoms with Gasteiger partial charge < -0.3 is 0 Å². The Hall–Kier alpha value is -2.70. The summed E-state index contributed by atoms with van der Waals surface area (Å²) < 4.78 is 0. The predicted octanol–water partition coefficient (Wildman–Crippen LogP) is 2.59. The van der Waals surface area contributed by atoms with E-state index in [1.807, 2.05) is 0 Å². The number of halogens is 2. The molecule has 0 heterocycles. The maximum absolute atomic E-state index is 11.6. The first kappa shape index (κ1) is 17.7. The molecule has 0 radical (unpaired) electrons. The first-order chi connectivity index (χ1) is 11.6. The first-order valence-corrected chi connectivity index (χ1v) is 7.49. The Labute approximate surface area is 148 Å². The minimum Gasteiger partial charge on any atom is -0.262 e. The van der Waals surface area contributed by atoms with E-state index in [1.165, 1.54) is 12.4 Å². The molecule has 24 heavy (non-hydrogen) atoms. The van der Waals surface area contributed by atoms with Gasteiger partial charge in [0.1, 0.15) is 0 Å². The number of rotatable bonds is 4. The van der Waals surface area contributed by atoms with Gasteiger partial charge in [0.15, 0.2) is 0 Å². The van der Waals surface area contributed by atoms with Gasteiger partial charge in [-0.05, 0) is 12.1 Å². The molecular weight excluding hydrogens is 351 g/mol. The summed E-state index contributed by atoms with van der Waals surface area (Å²) in [4.78, 5) is 23.1. The second kappa shape index (κ2) is 8.81. The number of carbonyl (C=O) groups excluding carboxylic acids is 2. The van der Waals surface area contributed by atoms with E-state index in [4.69, 9.17) is 23.2 Å². The van der Waals surface area contributed by atoms with Crippen molar-refractivity contribution in [3.8, 4) is 0 Å². The molecule has 2 rings (SSSR count). The van der Waals surface area contributed by atoms with Gasteiger partial charge in [0.25, 0.3) is 0 Å². The summed E-state index contributed by atoms with van der Waals surface area (Å²) in [5.74, 6) is -1.93. The van der Waals surface area contributed by atoms with E-state index in [0.717, 1.165) is 0 Å². The van der Waals surface area contributed by atoms with Gasteiger partial charge in [-0.25, -0.2) is 10.9 Å². The third-order valence-corrected chi connectivity index (χ3v) is 3.44. The van der Waals surface area contributed by atoms with Gasteiger partial charge in [-0.15, -0.1) is 0 Å². The molecule has 0 atom stereocenters. The van der Waals surface area contributed by atoms with E-state index in [2.05, 4.69) is 21.1 Å². The van der Waals surface area contributed by atoms with Crippen LogP contribution in [0, 0.1) is 0 Å². The van der Waals surface area contributed by atoms with Gasteiger partial charge in [0.05, 0.1) is 12.4 Å². The summed E-state index contributed by atoms with van der Waals surface area (Å²) in [6.07, 6.45) is 2.67. The maximum Gasteiger partial charge on any atom is 0.331 e. The molecule has 0 aromatic heterocycles. The van der Waals surface area contributed by atoms with Crippen LogP contribution in [0.5, 0.6) is 0 Å². The van der Waals surface area contributed by atoms with Crippen molar-refractivity contribution in [3.05, 3.63) is 69.7 Å². The Balaban J connectivity index is 1.85. The first-order valence-electron chi connectivity index (χ1n) is 6.73. The fourth-order valence-electron chi connectivity index (χ4n) is 1.58. The topological polar surface area (TPSA) is 82.9 Å². The lowest BCUT2D eigenvalue weighted by Crippen LogP contribution is -2.35. The van der Waals surface area contributed by atoms with E-state index < -0.39 is 11.8 Å². The van der Waals surface area contributed by atoms with Crippen LogP contribution in [-0.4, -0.2) is 24.2 Å². The summed E-state index contributed by atoms with van der Waals surface area (Å²) >= 11 is 11.9. The Bertz CT molecular complexity index is 739. The molecule has 0 spiro atoms. The number of hydrogen-bond donors (Lipinski definition) is 2. The zero-order valence-corrected chi connectivity index (χ0v) is 13.8. The fraction of sp³-hybridized carbons (Fsp3) is 0. The summed E-state index contributed by atoms with van der Waals surface area (Å²) in [7, 11) is 0. The number of hydrazone groups is 2. The molecule has 2 aromatic rings. The average Bonchev–Trinajstić information content (AvgIpc) is 2.58. The van der Waals surface area contributed by atoms with Gasteiger partial charge in [0.2, 0.25) is 0 Å². The molecule has 0 saturated carbocycles. The molecular formula is C16H12Cl2N4O2. The van der Waals surface area contributed by atoms with Crippen LogP contribution < -0.4 is 10.9 Å². The maximum atomic E-state index is 11.6. The third kappa shape index (κ3) is 5.19. The van der Waals surface area contributed by atoms with Crippen LogP contribution in [0.25, 0.3) is 0 Å². The molecule has 8 heteroatoms. The van der Waals surface area contributed by atoms with Crippen molar-refractivity contribution in [1.29, 1.82) is 0 Å². The highest BCUT2D eigenvalue weighted by Gasteiger charge is 2.11. The molecule has 0 aliphatic heterocycles. The minimum absolute atomic E-state index is 0.476. The van der Waals surface area contributed by atoms with Crippen molar-refractivity contribution in [2.75, 3.05) is 0 Å². The number of amides is 2. The number of nitrogens with one attached hydrogen (secondary N) is 2. The zero-order chi connectivity index (χ0) is 17.4. The highest BCUT2D eigenvalue weighted by atomic mass is 35.5. The standard InChI is InChI=1S/C16H12Cl2N4O2/c17-13-7-3-1-5-11(13)9-19-21-15(23)16(24)22-20-10-12-6-2-4-8-14(12)18/h1-10H,(H,21,23)(H,22,24)/b19-9-,20-10?. The van der Waals surface area contributed by atoms with Gasteiger partial charge >= 0.3 is 11.8 Å². The monoisotopic (exact) mass is 362 g/mol. The van der Waals surface area contributed by atoms with Crippen LogP contribution in [-0.2, 0) is 9.59 Å². The lowest BCUT2D eigenvalue weighted by Gasteiger charge is -1.99. The van der Waals surface area contributed by atoms with Crippen molar-refractivity contribution in [1.82, 2.24) is 10.9 Å². The van der Waals surface area contributed by atoms with Crippen LogP contribution in [0.2, 0.25) is 10.0 Å². The number of nitrogens with zero attached hydrogens (tertiary/aromatic N) is 2. The lowest BCUT2D eigenvalue weighted by molar-refractivity contribution is -0.139. The van der Waals surface area contributed by atoms with Crippen LogP contribution in [0.1, 0.15) is 11.1 Å². The van der Waals surface area contributed by atoms with E-state index in [9.17, 15) is 9.59 Å². The van der Waals surface area contributed by atoms with Gasteiger partial charge in [0, 0.05) is 21.2 Å². The van der Waals surface area contributed by atoms with Crippen molar-refractivity contribution in [2.24, 2.45) is 10.2 Å². The molecule has 0 bridgehead atoms. The molecule has 2 amide bonds. The summed E-state index contributed by atoms with van der Waals surface area (Å²) in [5, 5.41) is 8.27. The highest BCUT2D eigenvalue weighted by molar-refractivity contribution is 6.35. The Morgan fingerprint density at radius 1 is 0.750 bits per heavy atom. The molecule has 0 saturated heterocycles. The minimum atomic E-state index is -0.963. The summed E-state index contributed by atoms with van der Waals surface area (Å²) in [5.41, 5.74) is 5.37. The van der Waals surface area contributed by atoms with Crippen LogP contribution >= 0.6 is 23.2 Å². The Morgan fingerprint density at radius 3 is 1.50 bits per heavy atom. The second-order valence-electron chi connectivity index (χ2n) is 4.44. The molecule has 0 fully saturated rings. The molecule has 0 aliphatic carbocycles. The molecule has 2 N–H and O–H groups in total. The van der Waals surface area contributed by atoms with Gasteiger partial charge in [-0.2, -0.15) is 10.2 Å². The van der Waals surface area contributed by atoms with E-state index in [-0.39, 0.29) is 0 Å². The fourth-order valence-corrected chi connectivity index (χ4v) is 1.95. The molecule has 122 valence electrons. The van der Waals surface area contributed by atoms with Crippen molar-refractivity contribution < 1.29 is 9.59 Å². The summed E-state index contributed by atoms with van der Waals surface area (Å²) in [6.45, 7) is 0. The van der Waals surface area contributed by atoms with Gasteiger partial charge in [-0.1, -0.05) is 59.6 Å². The normalized spacial score (nSPS) is 10.9. The number of carbonyl (C=O) groups is 2. The molecule has 0 unspecified atom stereocenters. The molecule has 2 aromatic carbocycles. The summed E-state index contributed by atoms with van der Waals surface area (Å²) in [6, 6.07) is 13.9. The smallest absolute Gasteiger partial charge is 0.262 e. The van der Waals surface area contributed by atoms with Crippen LogP contribution in [0.15, 0.2) is 58.7 Å². The average molecular weight is 363 g/mol. The van der Waals surface area contributed by atoms with Crippen molar-refractivity contribution >= 4 is 47.4 Å². The van der Waals surface area contributed by atoms with Gasteiger partial charge in [-0.3, -0.25) is 9.59 Å².